The molecular formula is C15H17IN2. The largest absolute Gasteiger partial charge is 0.379 e. The molecule has 0 spiro atoms. The number of nitrogens with zero attached hydrogens (tertiary/aromatic N) is 1. The summed E-state index contributed by atoms with van der Waals surface area (Å²) in [6, 6.07) is 8.21. The van der Waals surface area contributed by atoms with E-state index in [2.05, 4.69) is 59.1 Å². The van der Waals surface area contributed by atoms with Crippen molar-refractivity contribution >= 4 is 34.0 Å². The average Bonchev–Trinajstić information content (AvgIpc) is 2.75. The fourth-order valence-corrected chi connectivity index (χ4v) is 2.49. The fraction of sp³-hybridized carbons (Fsp3) is 0.267. The van der Waals surface area contributed by atoms with E-state index in [0.717, 1.165) is 30.1 Å². The molecule has 94 valence electrons. The van der Waals surface area contributed by atoms with Crippen LogP contribution in [0.1, 0.15) is 20.3 Å². The number of para-hydroxylation sites is 1. The van der Waals surface area contributed by atoms with Crippen LogP contribution in [0.25, 0.3) is 0 Å². The second-order valence-electron chi connectivity index (χ2n) is 4.11. The van der Waals surface area contributed by atoms with Gasteiger partial charge in [-0.25, -0.2) is 4.99 Å². The zero-order valence-corrected chi connectivity index (χ0v) is 12.9. The van der Waals surface area contributed by atoms with Gasteiger partial charge in [0.2, 0.25) is 0 Å². The van der Waals surface area contributed by atoms with Gasteiger partial charge in [0.1, 0.15) is 0 Å². The van der Waals surface area contributed by atoms with Crippen LogP contribution in [0.4, 0.5) is 5.69 Å². The highest BCUT2D eigenvalue weighted by Crippen LogP contribution is 2.24. The number of hydrogen-bond acceptors (Lipinski definition) is 2. The molecular weight excluding hydrogens is 335 g/mol. The zero-order chi connectivity index (χ0) is 13.0. The van der Waals surface area contributed by atoms with Crippen molar-refractivity contribution in [2.75, 3.05) is 6.54 Å². The molecule has 1 N–H and O–H groups in total. The smallest absolute Gasteiger partial charge is 0.0911 e. The Morgan fingerprint density at radius 1 is 1.39 bits per heavy atom. The summed E-state index contributed by atoms with van der Waals surface area (Å²) >= 11 is 2.33. The van der Waals surface area contributed by atoms with Crippen LogP contribution in [0.5, 0.6) is 0 Å². The fourth-order valence-electron chi connectivity index (χ4n) is 1.98. The third-order valence-electron chi connectivity index (χ3n) is 2.85. The summed E-state index contributed by atoms with van der Waals surface area (Å²) in [7, 11) is 0. The lowest BCUT2D eigenvalue weighted by atomic mass is 10.1. The molecule has 0 amide bonds. The highest BCUT2D eigenvalue weighted by atomic mass is 127. The Labute approximate surface area is 122 Å². The van der Waals surface area contributed by atoms with Gasteiger partial charge in [0.15, 0.2) is 0 Å². The molecule has 3 heteroatoms. The van der Waals surface area contributed by atoms with Crippen LogP contribution in [-0.4, -0.2) is 12.3 Å². The molecule has 0 aliphatic carbocycles. The van der Waals surface area contributed by atoms with Gasteiger partial charge in [0.05, 0.1) is 17.1 Å². The van der Waals surface area contributed by atoms with Crippen LogP contribution in [0.15, 0.2) is 52.7 Å². The Hall–Kier alpha value is -1.10. The molecule has 18 heavy (non-hydrogen) atoms. The molecule has 0 atom stereocenters. The number of halogens is 1. The molecule has 1 aliphatic rings. The van der Waals surface area contributed by atoms with Crippen molar-refractivity contribution in [2.45, 2.75) is 20.3 Å². The SMILES string of the molecule is C/C=C1\NC/C(=C\CC)C1=Nc1ccccc1I. The monoisotopic (exact) mass is 352 g/mol. The van der Waals surface area contributed by atoms with Crippen LogP contribution in [0, 0.1) is 3.57 Å². The first-order chi connectivity index (χ1) is 8.76. The highest BCUT2D eigenvalue weighted by molar-refractivity contribution is 14.1. The minimum atomic E-state index is 0.885. The Kier molecular flexibility index (Phi) is 4.58. The Balaban J connectivity index is 2.45. The minimum Gasteiger partial charge on any atom is -0.379 e. The minimum absolute atomic E-state index is 0.885. The van der Waals surface area contributed by atoms with Gasteiger partial charge in [-0.3, -0.25) is 0 Å². The lowest BCUT2D eigenvalue weighted by molar-refractivity contribution is 0.974. The van der Waals surface area contributed by atoms with E-state index >= 15 is 0 Å². The van der Waals surface area contributed by atoms with Crippen molar-refractivity contribution in [1.82, 2.24) is 5.32 Å². The Morgan fingerprint density at radius 2 is 2.17 bits per heavy atom. The first kappa shape index (κ1) is 13.3. The van der Waals surface area contributed by atoms with Crippen LogP contribution < -0.4 is 5.32 Å². The Bertz CT molecular complexity index is 527. The van der Waals surface area contributed by atoms with E-state index in [-0.39, 0.29) is 0 Å². The maximum absolute atomic E-state index is 4.82. The highest BCUT2D eigenvalue weighted by Gasteiger charge is 2.19. The van der Waals surface area contributed by atoms with Gasteiger partial charge >= 0.3 is 0 Å². The predicted molar refractivity (Wildman–Crippen MR) is 86.4 cm³/mol. The zero-order valence-electron chi connectivity index (χ0n) is 10.7. The van der Waals surface area contributed by atoms with E-state index in [9.17, 15) is 0 Å². The van der Waals surface area contributed by atoms with Gasteiger partial charge in [0, 0.05) is 10.1 Å². The summed E-state index contributed by atoms with van der Waals surface area (Å²) in [5, 5.41) is 3.39. The lowest BCUT2D eigenvalue weighted by Gasteiger charge is -2.03. The van der Waals surface area contributed by atoms with Gasteiger partial charge in [-0.05, 0) is 53.6 Å². The van der Waals surface area contributed by atoms with E-state index in [1.54, 1.807) is 0 Å². The number of hydrogen-bond donors (Lipinski definition) is 1. The molecule has 1 aromatic carbocycles. The van der Waals surface area contributed by atoms with Crippen molar-refractivity contribution in [3.05, 3.63) is 51.3 Å². The summed E-state index contributed by atoms with van der Waals surface area (Å²) in [5.41, 5.74) is 4.56. The average molecular weight is 352 g/mol. The van der Waals surface area contributed by atoms with Crippen molar-refractivity contribution in [3.8, 4) is 0 Å². The quantitative estimate of drug-likeness (QED) is 0.793. The van der Waals surface area contributed by atoms with Gasteiger partial charge in [0.25, 0.3) is 0 Å². The molecule has 0 unspecified atom stereocenters. The molecule has 1 heterocycles. The second kappa shape index (κ2) is 6.18. The third-order valence-corrected chi connectivity index (χ3v) is 3.76. The first-order valence-corrected chi connectivity index (χ1v) is 7.27. The topological polar surface area (TPSA) is 24.4 Å². The molecule has 2 nitrogen and oxygen atoms in total. The van der Waals surface area contributed by atoms with Crippen molar-refractivity contribution in [1.29, 1.82) is 0 Å². The number of nitrogens with one attached hydrogen (secondary N) is 1. The summed E-state index contributed by atoms with van der Waals surface area (Å²) in [6.45, 7) is 5.09. The second-order valence-corrected chi connectivity index (χ2v) is 5.27. The maximum atomic E-state index is 4.82. The molecule has 0 saturated carbocycles. The summed E-state index contributed by atoms with van der Waals surface area (Å²) in [5.74, 6) is 0. The normalized spacial score (nSPS) is 21.8. The summed E-state index contributed by atoms with van der Waals surface area (Å²) in [6.07, 6.45) is 5.38. The molecule has 1 fully saturated rings. The molecule has 1 saturated heterocycles. The van der Waals surface area contributed by atoms with E-state index in [1.165, 1.54) is 9.14 Å². The van der Waals surface area contributed by atoms with Crippen LogP contribution in [0.2, 0.25) is 0 Å². The van der Waals surface area contributed by atoms with E-state index in [0.29, 0.717) is 0 Å². The first-order valence-electron chi connectivity index (χ1n) is 6.19. The van der Waals surface area contributed by atoms with Gasteiger partial charge in [-0.1, -0.05) is 31.2 Å². The van der Waals surface area contributed by atoms with Gasteiger partial charge < -0.3 is 5.32 Å². The van der Waals surface area contributed by atoms with Crippen molar-refractivity contribution < 1.29 is 0 Å². The van der Waals surface area contributed by atoms with Gasteiger partial charge in [-0.15, -0.1) is 0 Å². The van der Waals surface area contributed by atoms with E-state index in [1.807, 2.05) is 19.1 Å². The van der Waals surface area contributed by atoms with Crippen LogP contribution in [-0.2, 0) is 0 Å². The van der Waals surface area contributed by atoms with Crippen LogP contribution in [0.3, 0.4) is 0 Å². The molecule has 0 bridgehead atoms. The number of allylic oxidation sites excluding steroid dienone is 3. The van der Waals surface area contributed by atoms with Crippen LogP contribution >= 0.6 is 22.6 Å². The van der Waals surface area contributed by atoms with E-state index < -0.39 is 0 Å². The molecule has 1 aliphatic heterocycles. The van der Waals surface area contributed by atoms with E-state index in [4.69, 9.17) is 4.99 Å². The molecule has 0 aromatic heterocycles. The summed E-state index contributed by atoms with van der Waals surface area (Å²) < 4.78 is 1.18. The Morgan fingerprint density at radius 3 is 2.83 bits per heavy atom. The van der Waals surface area contributed by atoms with Crippen molar-refractivity contribution in [3.63, 3.8) is 0 Å². The maximum Gasteiger partial charge on any atom is 0.0911 e. The molecule has 1 aromatic rings. The summed E-state index contributed by atoms with van der Waals surface area (Å²) in [4.78, 5) is 4.82. The number of aliphatic imine (C=N–C) groups is 1. The van der Waals surface area contributed by atoms with Gasteiger partial charge in [-0.2, -0.15) is 0 Å². The molecule has 2 rings (SSSR count). The third kappa shape index (κ3) is 2.83. The standard InChI is InChI=1S/C15H17IN2/c1-3-7-11-10-17-13(4-2)15(11)18-14-9-6-5-8-12(14)16/h4-9,17H,3,10H2,1-2H3/b11-7+,13-4-,18-15?. The predicted octanol–water partition coefficient (Wildman–Crippen LogP) is 4.21. The number of rotatable bonds is 2. The lowest BCUT2D eigenvalue weighted by Crippen LogP contribution is -2.05. The molecule has 0 radical (unpaired) electrons. The van der Waals surface area contributed by atoms with Crippen molar-refractivity contribution in [2.24, 2.45) is 4.99 Å². The number of benzene rings is 1.